The summed E-state index contributed by atoms with van der Waals surface area (Å²) in [5.74, 6) is 1.22. The lowest BCUT2D eigenvalue weighted by molar-refractivity contribution is 0.225. The number of aromatic nitrogens is 3. The Kier molecular flexibility index (Phi) is 5.50. The molecule has 0 fully saturated rings. The molecule has 1 aromatic heterocycles. The number of anilines is 1. The highest BCUT2D eigenvalue weighted by molar-refractivity contribution is 9.10. The van der Waals surface area contributed by atoms with Crippen molar-refractivity contribution in [2.24, 2.45) is 0 Å². The number of nitrogens with zero attached hydrogens (tertiary/aromatic N) is 3. The molecule has 142 valence electrons. The molecule has 1 aliphatic heterocycles. The highest BCUT2D eigenvalue weighted by Gasteiger charge is 2.26. The Balaban J connectivity index is 1.74. The zero-order valence-corrected chi connectivity index (χ0v) is 17.5. The van der Waals surface area contributed by atoms with Crippen molar-refractivity contribution in [1.29, 1.82) is 0 Å². The van der Waals surface area contributed by atoms with Gasteiger partial charge in [0.25, 0.3) is 0 Å². The first-order chi connectivity index (χ1) is 13.7. The van der Waals surface area contributed by atoms with Crippen molar-refractivity contribution in [1.82, 2.24) is 15.2 Å². The number of fused-ring (bicyclic) bond motifs is 3. The lowest BCUT2D eigenvalue weighted by Crippen LogP contribution is -2.17. The van der Waals surface area contributed by atoms with E-state index in [0.717, 1.165) is 27.0 Å². The highest BCUT2D eigenvalue weighted by Crippen LogP contribution is 2.40. The van der Waals surface area contributed by atoms with E-state index in [1.807, 2.05) is 48.7 Å². The van der Waals surface area contributed by atoms with Crippen molar-refractivity contribution in [3.05, 3.63) is 65.2 Å². The van der Waals surface area contributed by atoms with Gasteiger partial charge in [0.2, 0.25) is 11.0 Å². The van der Waals surface area contributed by atoms with E-state index in [-0.39, 0.29) is 0 Å². The lowest BCUT2D eigenvalue weighted by Gasteiger charge is -2.19. The summed E-state index contributed by atoms with van der Waals surface area (Å²) in [4.78, 5) is 4.53. The quantitative estimate of drug-likeness (QED) is 0.423. The summed E-state index contributed by atoms with van der Waals surface area (Å²) < 4.78 is 12.7. The van der Waals surface area contributed by atoms with Crippen LogP contribution in [0.5, 0.6) is 11.6 Å². The third-order valence-corrected chi connectivity index (χ3v) is 5.15. The first kappa shape index (κ1) is 18.8. The van der Waals surface area contributed by atoms with Crippen molar-refractivity contribution in [2.45, 2.75) is 11.4 Å². The van der Waals surface area contributed by atoms with Gasteiger partial charge in [0.15, 0.2) is 11.9 Å². The molecule has 28 heavy (non-hydrogen) atoms. The maximum atomic E-state index is 6.22. The summed E-state index contributed by atoms with van der Waals surface area (Å²) in [5.41, 5.74) is 3.32. The Labute approximate surface area is 175 Å². The van der Waals surface area contributed by atoms with E-state index in [2.05, 4.69) is 43.0 Å². The van der Waals surface area contributed by atoms with E-state index in [0.29, 0.717) is 23.3 Å². The average molecular weight is 457 g/mol. The van der Waals surface area contributed by atoms with E-state index in [1.165, 1.54) is 11.8 Å². The Morgan fingerprint density at radius 2 is 2.07 bits per heavy atom. The number of thioether (sulfide) groups is 1. The molecule has 2 aromatic carbocycles. The molecule has 0 saturated carbocycles. The van der Waals surface area contributed by atoms with Crippen molar-refractivity contribution >= 4 is 33.4 Å². The molecule has 2 heterocycles. The molecule has 4 rings (SSSR count). The predicted octanol–water partition coefficient (Wildman–Crippen LogP) is 5.09. The predicted molar refractivity (Wildman–Crippen MR) is 114 cm³/mol. The van der Waals surface area contributed by atoms with Gasteiger partial charge in [-0.05, 0) is 48.7 Å². The van der Waals surface area contributed by atoms with Crippen LogP contribution in [0.15, 0.2) is 64.7 Å². The molecule has 0 saturated heterocycles. The maximum Gasteiger partial charge on any atom is 0.247 e. The fourth-order valence-corrected chi connectivity index (χ4v) is 3.46. The number of hydrogen-bond donors (Lipinski definition) is 1. The van der Waals surface area contributed by atoms with Gasteiger partial charge in [0.1, 0.15) is 12.4 Å². The van der Waals surface area contributed by atoms with Crippen molar-refractivity contribution in [3.8, 4) is 22.9 Å². The van der Waals surface area contributed by atoms with Crippen LogP contribution < -0.4 is 14.8 Å². The van der Waals surface area contributed by atoms with E-state index in [4.69, 9.17) is 9.47 Å². The minimum atomic E-state index is -0.430. The maximum absolute atomic E-state index is 6.22. The average Bonchev–Trinajstić information content (AvgIpc) is 2.88. The van der Waals surface area contributed by atoms with Crippen LogP contribution in [0.2, 0.25) is 0 Å². The van der Waals surface area contributed by atoms with Crippen LogP contribution in [0.25, 0.3) is 11.3 Å². The second kappa shape index (κ2) is 8.20. The van der Waals surface area contributed by atoms with Gasteiger partial charge in [-0.2, -0.15) is 4.98 Å². The lowest BCUT2D eigenvalue weighted by atomic mass is 10.1. The van der Waals surface area contributed by atoms with Crippen LogP contribution in [-0.4, -0.2) is 28.0 Å². The Hall–Kier alpha value is -2.58. The van der Waals surface area contributed by atoms with Gasteiger partial charge in [-0.1, -0.05) is 40.3 Å². The third-order valence-electron chi connectivity index (χ3n) is 4.12. The Bertz CT molecular complexity index is 1010. The zero-order chi connectivity index (χ0) is 19.5. The minimum absolute atomic E-state index is 0.430. The second-order valence-corrected chi connectivity index (χ2v) is 7.64. The van der Waals surface area contributed by atoms with Crippen molar-refractivity contribution in [3.63, 3.8) is 0 Å². The molecule has 1 aliphatic rings. The van der Waals surface area contributed by atoms with Gasteiger partial charge in [0, 0.05) is 21.3 Å². The summed E-state index contributed by atoms with van der Waals surface area (Å²) in [6.45, 7) is 4.13. The van der Waals surface area contributed by atoms with E-state index >= 15 is 0 Å². The summed E-state index contributed by atoms with van der Waals surface area (Å²) in [6, 6.07) is 13.7. The molecule has 0 aliphatic carbocycles. The van der Waals surface area contributed by atoms with Crippen LogP contribution >= 0.6 is 27.7 Å². The topological polar surface area (TPSA) is 69.2 Å². The number of rotatable bonds is 5. The van der Waals surface area contributed by atoms with Crippen LogP contribution in [0.4, 0.5) is 5.69 Å². The first-order valence-corrected chi connectivity index (χ1v) is 10.5. The third kappa shape index (κ3) is 3.83. The van der Waals surface area contributed by atoms with Gasteiger partial charge in [0.05, 0.1) is 0 Å². The van der Waals surface area contributed by atoms with Crippen LogP contribution in [0, 0.1) is 0 Å². The molecule has 1 atom stereocenters. The van der Waals surface area contributed by atoms with Crippen LogP contribution in [0.1, 0.15) is 11.8 Å². The van der Waals surface area contributed by atoms with Gasteiger partial charge >= 0.3 is 0 Å². The van der Waals surface area contributed by atoms with Crippen LogP contribution in [-0.2, 0) is 0 Å². The summed E-state index contributed by atoms with van der Waals surface area (Å²) >= 11 is 4.94. The van der Waals surface area contributed by atoms with E-state index < -0.39 is 6.23 Å². The first-order valence-electron chi connectivity index (χ1n) is 8.53. The molecular weight excluding hydrogens is 440 g/mol. The summed E-state index contributed by atoms with van der Waals surface area (Å²) in [7, 11) is 0. The largest absolute Gasteiger partial charge is 0.490 e. The van der Waals surface area contributed by atoms with Gasteiger partial charge in [-0.3, -0.25) is 0 Å². The number of ether oxygens (including phenoxy) is 2. The number of halogens is 1. The minimum Gasteiger partial charge on any atom is -0.490 e. The van der Waals surface area contributed by atoms with Crippen molar-refractivity contribution < 1.29 is 9.47 Å². The van der Waals surface area contributed by atoms with Gasteiger partial charge in [-0.25, -0.2) is 0 Å². The molecule has 0 spiro atoms. The SMILES string of the molecule is C=CCOc1ccc([C@H]2Nc3ccc(Br)cc3-c3nnc(SC)nc3O2)cc1. The van der Waals surface area contributed by atoms with Gasteiger partial charge < -0.3 is 14.8 Å². The van der Waals surface area contributed by atoms with E-state index in [9.17, 15) is 0 Å². The van der Waals surface area contributed by atoms with E-state index in [1.54, 1.807) is 6.08 Å². The molecule has 1 N–H and O–H groups in total. The summed E-state index contributed by atoms with van der Waals surface area (Å²) in [6.07, 6.45) is 3.19. The zero-order valence-electron chi connectivity index (χ0n) is 15.1. The van der Waals surface area contributed by atoms with Crippen molar-refractivity contribution in [2.75, 3.05) is 18.2 Å². The second-order valence-electron chi connectivity index (χ2n) is 5.95. The molecule has 8 heteroatoms. The van der Waals surface area contributed by atoms with Gasteiger partial charge in [-0.15, -0.1) is 10.2 Å². The fraction of sp³-hybridized carbons (Fsp3) is 0.150. The molecule has 0 radical (unpaired) electrons. The molecule has 6 nitrogen and oxygen atoms in total. The number of nitrogens with one attached hydrogen (secondary N) is 1. The monoisotopic (exact) mass is 456 g/mol. The Morgan fingerprint density at radius 1 is 1.25 bits per heavy atom. The number of hydrogen-bond acceptors (Lipinski definition) is 7. The highest BCUT2D eigenvalue weighted by atomic mass is 79.9. The molecular formula is C20H17BrN4O2S. The normalized spacial score (nSPS) is 14.7. The Morgan fingerprint density at radius 3 is 2.82 bits per heavy atom. The van der Waals surface area contributed by atoms with Crippen LogP contribution in [0.3, 0.4) is 0 Å². The summed E-state index contributed by atoms with van der Waals surface area (Å²) in [5, 5.41) is 12.5. The standard InChI is InChI=1S/C20H17BrN4O2S/c1-3-10-26-14-7-4-12(5-8-14)18-22-16-9-6-13(21)11-15(16)17-19(27-18)23-20(28-2)25-24-17/h3-9,11,18,22H,1,10H2,2H3/t18-/m0/s1. The molecule has 0 bridgehead atoms. The fourth-order valence-electron chi connectivity index (χ4n) is 2.80. The smallest absolute Gasteiger partial charge is 0.247 e. The number of benzene rings is 2. The molecule has 0 amide bonds. The molecule has 3 aromatic rings. The molecule has 0 unspecified atom stereocenters.